The maximum atomic E-state index is 12.6. The highest BCUT2D eigenvalue weighted by atomic mass is 19.4. The molecule has 112 valence electrons. The Hall–Kier alpha value is -3.04. The van der Waals surface area contributed by atoms with Crippen LogP contribution in [-0.2, 0) is 6.18 Å². The molecule has 2 heterocycles. The van der Waals surface area contributed by atoms with E-state index in [1.165, 1.54) is 18.2 Å². The quantitative estimate of drug-likeness (QED) is 0.777. The Labute approximate surface area is 120 Å². The normalized spacial score (nSPS) is 11.8. The summed E-state index contributed by atoms with van der Waals surface area (Å²) in [6, 6.07) is 5.74. The minimum Gasteiger partial charge on any atom is -0.476 e. The molecule has 0 saturated heterocycles. The van der Waals surface area contributed by atoms with E-state index in [2.05, 4.69) is 20.4 Å². The first-order chi connectivity index (χ1) is 10.4. The number of alkyl halides is 3. The van der Waals surface area contributed by atoms with Gasteiger partial charge in [-0.2, -0.15) is 23.1 Å². The molecular weight excluding hydrogens is 303 g/mol. The third kappa shape index (κ3) is 2.34. The lowest BCUT2D eigenvalue weighted by molar-refractivity contribution is -0.141. The molecule has 0 radical (unpaired) electrons. The molecule has 0 aliphatic rings. The number of carboxylic acids is 1. The molecule has 7 nitrogen and oxygen atoms in total. The number of benzene rings is 1. The number of aromatic carboxylic acids is 1. The predicted octanol–water partition coefficient (Wildman–Crippen LogP) is 1.93. The highest BCUT2D eigenvalue weighted by Gasteiger charge is 2.34. The van der Waals surface area contributed by atoms with Gasteiger partial charge in [0, 0.05) is 5.39 Å². The summed E-state index contributed by atoms with van der Waals surface area (Å²) in [5.41, 5.74) is -0.994. The average Bonchev–Trinajstić information content (AvgIpc) is 2.95. The molecule has 0 aliphatic heterocycles. The first-order valence-corrected chi connectivity index (χ1v) is 5.86. The minimum absolute atomic E-state index is 0.172. The number of nitrogens with zero attached hydrogens (tertiary/aromatic N) is 5. The summed E-state index contributed by atoms with van der Waals surface area (Å²) in [5.74, 6) is -1.30. The minimum atomic E-state index is -4.62. The number of carbonyl (C=O) groups is 1. The molecule has 1 aromatic carbocycles. The van der Waals surface area contributed by atoms with E-state index in [0.717, 1.165) is 4.80 Å². The van der Waals surface area contributed by atoms with Gasteiger partial charge in [-0.3, -0.25) is 0 Å². The Kier molecular flexibility index (Phi) is 3.01. The first kappa shape index (κ1) is 13.9. The Morgan fingerprint density at radius 1 is 1.23 bits per heavy atom. The Morgan fingerprint density at radius 3 is 2.64 bits per heavy atom. The van der Waals surface area contributed by atoms with Crippen LogP contribution in [0.5, 0.6) is 0 Å². The van der Waals surface area contributed by atoms with Gasteiger partial charge < -0.3 is 5.11 Å². The van der Waals surface area contributed by atoms with Crippen LogP contribution in [0.4, 0.5) is 13.2 Å². The Morgan fingerprint density at radius 2 is 2.00 bits per heavy atom. The van der Waals surface area contributed by atoms with Gasteiger partial charge in [0.25, 0.3) is 0 Å². The fourth-order valence-electron chi connectivity index (χ4n) is 1.84. The number of rotatable bonds is 2. The van der Waals surface area contributed by atoms with Crippen molar-refractivity contribution in [2.75, 3.05) is 0 Å². The van der Waals surface area contributed by atoms with Gasteiger partial charge in [0.1, 0.15) is 0 Å². The molecule has 22 heavy (non-hydrogen) atoms. The van der Waals surface area contributed by atoms with Crippen LogP contribution in [0.15, 0.2) is 30.5 Å². The number of fused-ring (bicyclic) bond motifs is 1. The SMILES string of the molecule is O=C(O)c1cc2c(-n3ncc(C(F)(F)F)n3)cccc2nn1. The number of hydrogen-bond donors (Lipinski definition) is 1. The van der Waals surface area contributed by atoms with Crippen molar-refractivity contribution in [3.8, 4) is 5.69 Å². The summed E-state index contributed by atoms with van der Waals surface area (Å²) >= 11 is 0. The van der Waals surface area contributed by atoms with Crippen molar-refractivity contribution in [3.63, 3.8) is 0 Å². The van der Waals surface area contributed by atoms with Crippen molar-refractivity contribution < 1.29 is 23.1 Å². The zero-order valence-corrected chi connectivity index (χ0v) is 10.6. The zero-order valence-electron chi connectivity index (χ0n) is 10.6. The van der Waals surface area contributed by atoms with Crippen molar-refractivity contribution in [2.24, 2.45) is 0 Å². The van der Waals surface area contributed by atoms with Crippen molar-refractivity contribution in [1.82, 2.24) is 25.2 Å². The number of aromatic nitrogens is 5. The van der Waals surface area contributed by atoms with E-state index in [0.29, 0.717) is 11.7 Å². The molecule has 2 aromatic heterocycles. The Balaban J connectivity index is 2.20. The summed E-state index contributed by atoms with van der Waals surface area (Å²) in [6.07, 6.45) is -4.03. The number of hydrogen-bond acceptors (Lipinski definition) is 5. The molecule has 3 rings (SSSR count). The van der Waals surface area contributed by atoms with E-state index >= 15 is 0 Å². The molecule has 3 aromatic rings. The molecular formula is C12H6F3N5O2. The van der Waals surface area contributed by atoms with Crippen molar-refractivity contribution in [2.45, 2.75) is 6.18 Å². The van der Waals surface area contributed by atoms with E-state index in [9.17, 15) is 18.0 Å². The molecule has 0 spiro atoms. The lowest BCUT2D eigenvalue weighted by Gasteiger charge is -2.05. The standard InChI is InChI=1S/C12H6F3N5O2/c13-12(14,15)10-5-16-20(19-10)9-3-1-2-7-6(9)4-8(11(21)22)18-17-7/h1-5H,(H,21,22). The van der Waals surface area contributed by atoms with Gasteiger partial charge in [-0.1, -0.05) is 6.07 Å². The van der Waals surface area contributed by atoms with Gasteiger partial charge in [-0.15, -0.1) is 15.3 Å². The molecule has 0 fully saturated rings. The van der Waals surface area contributed by atoms with Crippen LogP contribution in [0.1, 0.15) is 16.2 Å². The fraction of sp³-hybridized carbons (Fsp3) is 0.0833. The highest BCUT2D eigenvalue weighted by molar-refractivity contribution is 5.93. The van der Waals surface area contributed by atoms with Crippen LogP contribution >= 0.6 is 0 Å². The maximum Gasteiger partial charge on any atom is 0.436 e. The summed E-state index contributed by atoms with van der Waals surface area (Å²) in [4.78, 5) is 11.7. The average molecular weight is 309 g/mol. The van der Waals surface area contributed by atoms with Crippen LogP contribution < -0.4 is 0 Å². The molecule has 0 unspecified atom stereocenters. The van der Waals surface area contributed by atoms with Gasteiger partial charge >= 0.3 is 12.1 Å². The summed E-state index contributed by atoms with van der Waals surface area (Å²) in [5, 5.41) is 23.4. The molecule has 0 amide bonds. The van der Waals surface area contributed by atoms with Gasteiger partial charge in [0.15, 0.2) is 11.4 Å². The smallest absolute Gasteiger partial charge is 0.436 e. The lowest BCUT2D eigenvalue weighted by Crippen LogP contribution is -2.08. The van der Waals surface area contributed by atoms with Crippen molar-refractivity contribution >= 4 is 16.9 Å². The topological polar surface area (TPSA) is 93.8 Å². The van der Waals surface area contributed by atoms with Crippen molar-refractivity contribution in [3.05, 3.63) is 41.9 Å². The lowest BCUT2D eigenvalue weighted by atomic mass is 10.2. The van der Waals surface area contributed by atoms with Gasteiger partial charge in [0.2, 0.25) is 0 Å². The second-order valence-corrected chi connectivity index (χ2v) is 4.26. The summed E-state index contributed by atoms with van der Waals surface area (Å²) in [7, 11) is 0. The summed E-state index contributed by atoms with van der Waals surface area (Å²) in [6.45, 7) is 0. The predicted molar refractivity (Wildman–Crippen MR) is 66.4 cm³/mol. The van der Waals surface area contributed by atoms with Crippen LogP contribution in [0.2, 0.25) is 0 Å². The van der Waals surface area contributed by atoms with E-state index in [-0.39, 0.29) is 16.8 Å². The second-order valence-electron chi connectivity index (χ2n) is 4.26. The van der Waals surface area contributed by atoms with Crippen LogP contribution in [-0.4, -0.2) is 36.3 Å². The van der Waals surface area contributed by atoms with Crippen molar-refractivity contribution in [1.29, 1.82) is 0 Å². The first-order valence-electron chi connectivity index (χ1n) is 5.86. The van der Waals surface area contributed by atoms with Crippen LogP contribution in [0.25, 0.3) is 16.6 Å². The van der Waals surface area contributed by atoms with E-state index in [4.69, 9.17) is 5.11 Å². The van der Waals surface area contributed by atoms with Crippen LogP contribution in [0, 0.1) is 0 Å². The van der Waals surface area contributed by atoms with Crippen LogP contribution in [0.3, 0.4) is 0 Å². The third-order valence-electron chi connectivity index (χ3n) is 2.82. The molecule has 0 atom stereocenters. The second kappa shape index (κ2) is 4.76. The van der Waals surface area contributed by atoms with E-state index in [1.54, 1.807) is 6.07 Å². The third-order valence-corrected chi connectivity index (χ3v) is 2.82. The Bertz CT molecular complexity index is 875. The number of carboxylic acid groups (broad SMARTS) is 1. The van der Waals surface area contributed by atoms with E-state index < -0.39 is 17.8 Å². The molecule has 10 heteroatoms. The largest absolute Gasteiger partial charge is 0.476 e. The molecule has 1 N–H and O–H groups in total. The van der Waals surface area contributed by atoms with Gasteiger partial charge in [0.05, 0.1) is 17.4 Å². The molecule has 0 saturated carbocycles. The number of halogens is 3. The zero-order chi connectivity index (χ0) is 15.9. The summed E-state index contributed by atoms with van der Waals surface area (Å²) < 4.78 is 37.8. The van der Waals surface area contributed by atoms with Gasteiger partial charge in [-0.25, -0.2) is 4.79 Å². The monoisotopic (exact) mass is 309 g/mol. The highest BCUT2D eigenvalue weighted by Crippen LogP contribution is 2.28. The van der Waals surface area contributed by atoms with E-state index in [1.807, 2.05) is 0 Å². The van der Waals surface area contributed by atoms with Gasteiger partial charge in [-0.05, 0) is 18.2 Å². The molecule has 0 aliphatic carbocycles. The molecule has 0 bridgehead atoms. The fourth-order valence-corrected chi connectivity index (χ4v) is 1.84. The maximum absolute atomic E-state index is 12.6.